The topological polar surface area (TPSA) is 119 Å². The van der Waals surface area contributed by atoms with Crippen molar-refractivity contribution in [2.24, 2.45) is 17.8 Å². The number of carbonyl (C=O) groups is 1. The molecule has 0 amide bonds. The van der Waals surface area contributed by atoms with Crippen molar-refractivity contribution in [3.05, 3.63) is 78.9 Å². The normalized spacial score (nSPS) is 32.3. The molecule has 0 aromatic heterocycles. The van der Waals surface area contributed by atoms with E-state index in [4.69, 9.17) is 50.9 Å². The van der Waals surface area contributed by atoms with Crippen LogP contribution in [0.15, 0.2) is 73.4 Å². The van der Waals surface area contributed by atoms with Gasteiger partial charge < -0.3 is 50.9 Å². The van der Waals surface area contributed by atoms with Crippen molar-refractivity contribution in [2.45, 2.75) is 359 Å². The summed E-state index contributed by atoms with van der Waals surface area (Å²) in [6.07, 6.45) is 11.6. The maximum absolute atomic E-state index is 14.5. The number of hydrogen-bond acceptors (Lipinski definition) is 12. The van der Waals surface area contributed by atoms with E-state index in [1.54, 1.807) is 13.2 Å². The van der Waals surface area contributed by atoms with Crippen molar-refractivity contribution < 1.29 is 55.7 Å². The summed E-state index contributed by atoms with van der Waals surface area (Å²) in [7, 11) is -8.30. The average Bonchev–Trinajstić information content (AvgIpc) is 1.10. The molecular formula is C75H132O12Si4. The summed E-state index contributed by atoms with van der Waals surface area (Å²) in [5.74, 6) is 1.68. The first-order valence-corrected chi connectivity index (χ1v) is 47.0. The van der Waals surface area contributed by atoms with Gasteiger partial charge in [-0.3, -0.25) is 4.79 Å². The minimum atomic E-state index is -2.54. The van der Waals surface area contributed by atoms with Gasteiger partial charge in [-0.25, -0.2) is 0 Å². The first-order valence-electron chi connectivity index (χ1n) is 35.4. The summed E-state index contributed by atoms with van der Waals surface area (Å²) < 4.78 is 78.7. The molecule has 5 heterocycles. The maximum atomic E-state index is 14.5. The minimum absolute atomic E-state index is 0.00284. The largest absolute Gasteiger partial charge is 0.497 e. The van der Waals surface area contributed by atoms with Crippen LogP contribution < -0.4 is 4.74 Å². The maximum Gasteiger partial charge on any atom is 0.193 e. The number of hydrogen-bond donors (Lipinski definition) is 0. The number of ether oxygens (including phenoxy) is 7. The zero-order valence-corrected chi connectivity index (χ0v) is 66.1. The van der Waals surface area contributed by atoms with Crippen molar-refractivity contribution in [3.8, 4) is 5.75 Å². The fraction of sp³-hybridized carbons (Fsp3) is 0.800. The van der Waals surface area contributed by atoms with Crippen molar-refractivity contribution in [2.75, 3.05) is 7.11 Å². The number of rotatable bonds is 28. The van der Waals surface area contributed by atoms with E-state index in [1.807, 2.05) is 24.3 Å². The fourth-order valence-corrected chi connectivity index (χ4v) is 18.1. The van der Waals surface area contributed by atoms with Gasteiger partial charge in [0.15, 0.2) is 39.1 Å². The Hall–Kier alpha value is -1.88. The molecule has 4 unspecified atom stereocenters. The molecule has 16 heteroatoms. The molecule has 5 aliphatic rings. The molecule has 0 radical (unpaired) electrons. The lowest BCUT2D eigenvalue weighted by Crippen LogP contribution is -2.69. The monoisotopic (exact) mass is 1340 g/mol. The van der Waals surface area contributed by atoms with E-state index in [0.29, 0.717) is 38.2 Å². The molecule has 91 heavy (non-hydrogen) atoms. The fourth-order valence-electron chi connectivity index (χ4n) is 12.9. The average molecular weight is 1340 g/mol. The third kappa shape index (κ3) is 19.9. The van der Waals surface area contributed by atoms with E-state index in [-0.39, 0.29) is 98.8 Å². The summed E-state index contributed by atoms with van der Waals surface area (Å²) in [4.78, 5) is 14.5. The van der Waals surface area contributed by atoms with Crippen molar-refractivity contribution in [3.63, 3.8) is 0 Å². The lowest BCUT2D eigenvalue weighted by molar-refractivity contribution is -0.269. The molecule has 12 nitrogen and oxygen atoms in total. The van der Waals surface area contributed by atoms with Crippen LogP contribution in [0.2, 0.25) is 72.5 Å². The molecule has 1 aromatic rings. The van der Waals surface area contributed by atoms with Crippen LogP contribution in [0.4, 0.5) is 0 Å². The second-order valence-electron chi connectivity index (χ2n) is 34.5. The zero-order valence-electron chi connectivity index (χ0n) is 62.1. The molecule has 0 saturated carbocycles. The highest BCUT2D eigenvalue weighted by Gasteiger charge is 2.59. The molecule has 520 valence electrons. The van der Waals surface area contributed by atoms with E-state index in [9.17, 15) is 4.79 Å². The second kappa shape index (κ2) is 31.3. The van der Waals surface area contributed by atoms with E-state index in [2.05, 4.69) is 195 Å². The molecular weight excluding hydrogens is 1210 g/mol. The van der Waals surface area contributed by atoms with Gasteiger partial charge in [-0.15, -0.1) is 6.58 Å². The summed E-state index contributed by atoms with van der Waals surface area (Å²) in [5.41, 5.74) is 3.29. The SMILES string of the molecule is C=CCC[C@@H]1O[C@@H]([C@H](/C=C/C(=O)CC[C@H]2CC(=C)C(CCC3C[C@@H](C)C(=C)[C@@H](CC4OC5C[C@@H](C)[C@@H](CCC)O[C@H]5[C@H](C)[C@H]4OCc4ccc(OC)cc4)O3)O2)O[Si](C)(C)C(C)(C)C)[C@@H](O[Si](C)(C)C(C)(C)C)[C@@H](O[Si](C)(C)C(C)(C)C)[C@H]1O[Si](C)(C)C(C)(C)C. The van der Waals surface area contributed by atoms with E-state index < -0.39 is 63.8 Å². The molecule has 5 aliphatic heterocycles. The zero-order chi connectivity index (χ0) is 68.2. The van der Waals surface area contributed by atoms with Gasteiger partial charge in [0.25, 0.3) is 0 Å². The van der Waals surface area contributed by atoms with Crippen LogP contribution in [0.3, 0.4) is 0 Å². The molecule has 0 bridgehead atoms. The Morgan fingerprint density at radius 3 is 1.77 bits per heavy atom. The Kier molecular flexibility index (Phi) is 26.9. The highest BCUT2D eigenvalue weighted by molar-refractivity contribution is 6.75. The molecule has 5 saturated heterocycles. The smallest absolute Gasteiger partial charge is 0.193 e. The second-order valence-corrected chi connectivity index (χ2v) is 53.5. The Balaban J connectivity index is 1.19. The van der Waals surface area contributed by atoms with Gasteiger partial charge in [-0.05, 0) is 177 Å². The summed E-state index contributed by atoms with van der Waals surface area (Å²) in [6.45, 7) is 69.0. The lowest BCUT2D eigenvalue weighted by atomic mass is 9.78. The van der Waals surface area contributed by atoms with Crippen LogP contribution in [0.1, 0.15) is 193 Å². The van der Waals surface area contributed by atoms with Crippen LogP contribution in [0.5, 0.6) is 5.75 Å². The van der Waals surface area contributed by atoms with Gasteiger partial charge in [0.05, 0.1) is 87.0 Å². The number of fused-ring (bicyclic) bond motifs is 1. The lowest BCUT2D eigenvalue weighted by Gasteiger charge is -2.56. The molecule has 6 rings (SSSR count). The predicted molar refractivity (Wildman–Crippen MR) is 384 cm³/mol. The van der Waals surface area contributed by atoms with Gasteiger partial charge >= 0.3 is 0 Å². The molecule has 0 aliphatic carbocycles. The van der Waals surface area contributed by atoms with Gasteiger partial charge in [0.2, 0.25) is 0 Å². The van der Waals surface area contributed by atoms with Crippen LogP contribution in [-0.2, 0) is 57.5 Å². The van der Waals surface area contributed by atoms with Crippen molar-refractivity contribution in [1.82, 2.24) is 0 Å². The minimum Gasteiger partial charge on any atom is -0.497 e. The van der Waals surface area contributed by atoms with Crippen LogP contribution in [0, 0.1) is 17.8 Å². The molecule has 5 fully saturated rings. The number of benzene rings is 1. The van der Waals surface area contributed by atoms with E-state index >= 15 is 0 Å². The molecule has 0 N–H and O–H groups in total. The quantitative estimate of drug-likeness (QED) is 0.0451. The number of carbonyl (C=O) groups excluding carboxylic acids is 1. The summed E-state index contributed by atoms with van der Waals surface area (Å²) >= 11 is 0. The number of methoxy groups -OCH3 is 1. The van der Waals surface area contributed by atoms with Crippen LogP contribution in [0.25, 0.3) is 0 Å². The highest BCUT2D eigenvalue weighted by Crippen LogP contribution is 2.50. The van der Waals surface area contributed by atoms with E-state index in [0.717, 1.165) is 73.8 Å². The first kappa shape index (κ1) is 78.1. The summed E-state index contributed by atoms with van der Waals surface area (Å²) in [5, 5.41) is -0.423. The Morgan fingerprint density at radius 2 is 1.21 bits per heavy atom. The standard InChI is InChI=1S/C75H132O12Si4/c1-29-31-33-61-69(85-89(23,24)73(11,12)13)71(87-91(27,28)75(17,18)19)70(86-90(25,26)74(14,15)16)68(83-61)62(84-88(21,22)72(8,9)10)42-37-55(76)36-40-57-45-50(4)60(79-57)43-41-58-44-49(3)52(6)63(80-58)47-65-66(78-48-54-34-38-56(77-20)39-35-54)53(7)67-64(81-65)46-51(5)59(82-67)32-30-2/h29,34-35,37-39,42,49,51,53,57-71H,1,4,6,30-33,36,40-41,43-48H2,2-3,5,7-28H3/b42-37+/t49-,51-,53-,57+,58?,59-,60?,61+,62+,63-,64?,65?,66-,67+,68+,69+,70-,71+/m1/s1. The predicted octanol–water partition coefficient (Wildman–Crippen LogP) is 19.0. The van der Waals surface area contributed by atoms with Gasteiger partial charge in [-0.2, -0.15) is 0 Å². The third-order valence-electron chi connectivity index (χ3n) is 23.2. The molecule has 1 aromatic carbocycles. The van der Waals surface area contributed by atoms with Gasteiger partial charge in [-0.1, -0.05) is 155 Å². The van der Waals surface area contributed by atoms with Crippen molar-refractivity contribution in [1.29, 1.82) is 0 Å². The highest BCUT2D eigenvalue weighted by atomic mass is 28.4. The van der Waals surface area contributed by atoms with E-state index in [1.165, 1.54) is 0 Å². The number of ketones is 1. The Morgan fingerprint density at radius 1 is 0.637 bits per heavy atom. The summed E-state index contributed by atoms with van der Waals surface area (Å²) in [6, 6.07) is 8.11. The first-order chi connectivity index (χ1) is 41.9. The van der Waals surface area contributed by atoms with Gasteiger partial charge in [0, 0.05) is 18.8 Å². The Labute approximate surface area is 559 Å². The van der Waals surface area contributed by atoms with Crippen molar-refractivity contribution >= 4 is 39.1 Å². The molecule has 0 spiro atoms. The Bertz CT molecular complexity index is 2550. The van der Waals surface area contributed by atoms with Crippen LogP contribution in [-0.4, -0.2) is 138 Å². The third-order valence-corrected chi connectivity index (χ3v) is 41.1. The van der Waals surface area contributed by atoms with Crippen LogP contribution >= 0.6 is 0 Å². The number of allylic oxidation sites excluding steroid dienone is 2. The van der Waals surface area contributed by atoms with Gasteiger partial charge in [0.1, 0.15) is 24.1 Å². The molecule has 18 atom stereocenters.